The lowest BCUT2D eigenvalue weighted by atomic mass is 10.1. The van der Waals surface area contributed by atoms with Crippen LogP contribution in [0.1, 0.15) is 27.6 Å². The Hall–Kier alpha value is -4.05. The summed E-state index contributed by atoms with van der Waals surface area (Å²) < 4.78 is 22.8. The molecule has 186 valence electrons. The van der Waals surface area contributed by atoms with E-state index in [0.717, 1.165) is 0 Å². The van der Waals surface area contributed by atoms with Crippen LogP contribution < -0.4 is 24.8 Å². The molecule has 1 aliphatic rings. The summed E-state index contributed by atoms with van der Waals surface area (Å²) in [5, 5.41) is 13.1. The van der Waals surface area contributed by atoms with Crippen molar-refractivity contribution in [2.75, 3.05) is 41.0 Å². The van der Waals surface area contributed by atoms with Crippen molar-refractivity contribution in [2.45, 2.75) is 13.0 Å². The molecule has 2 amide bonds. The standard InChI is InChI=1S/C25H30N4O6/c1-16(15-32-4)34-19-11-17(24(30)28-23(26)7-8-27-2)12-20(13-19)35-18-5-6-21-22(14-18)33-10-9-29(3)25(21)31/h5-8,11-14,16,27H,9-10,15H2,1-4H3,(H2,26,28,30)/b8-7-/t16-/m0/s1. The quantitative estimate of drug-likeness (QED) is 0.371. The molecule has 1 aliphatic heterocycles. The molecular formula is C25H30N4O6. The van der Waals surface area contributed by atoms with E-state index >= 15 is 0 Å². The summed E-state index contributed by atoms with van der Waals surface area (Å²) in [6.45, 7) is 3.06. The molecule has 0 aromatic heterocycles. The van der Waals surface area contributed by atoms with Gasteiger partial charge in [0.25, 0.3) is 11.8 Å². The van der Waals surface area contributed by atoms with Crippen LogP contribution in [0.15, 0.2) is 48.7 Å². The van der Waals surface area contributed by atoms with E-state index in [9.17, 15) is 9.59 Å². The van der Waals surface area contributed by atoms with E-state index in [4.69, 9.17) is 24.4 Å². The van der Waals surface area contributed by atoms with Gasteiger partial charge in [-0.2, -0.15) is 0 Å². The van der Waals surface area contributed by atoms with Crippen molar-refractivity contribution < 1.29 is 28.5 Å². The second-order valence-corrected chi connectivity index (χ2v) is 7.90. The number of likely N-dealkylation sites (N-methyl/N-ethyl adjacent to an activating group) is 1. The first kappa shape index (κ1) is 25.6. The lowest BCUT2D eigenvalue weighted by Gasteiger charge is -2.17. The average Bonchev–Trinajstić information content (AvgIpc) is 2.95. The topological polar surface area (TPSA) is 122 Å². The molecule has 0 saturated heterocycles. The maximum atomic E-state index is 12.8. The van der Waals surface area contributed by atoms with Gasteiger partial charge in [0.1, 0.15) is 41.5 Å². The normalized spacial score (nSPS) is 13.9. The van der Waals surface area contributed by atoms with E-state index < -0.39 is 5.91 Å². The van der Waals surface area contributed by atoms with E-state index in [0.29, 0.717) is 48.3 Å². The number of fused-ring (bicyclic) bond motifs is 1. The molecule has 0 spiro atoms. The van der Waals surface area contributed by atoms with Gasteiger partial charge >= 0.3 is 0 Å². The molecule has 10 heteroatoms. The number of carbonyl (C=O) groups excluding carboxylic acids is 2. The highest BCUT2D eigenvalue weighted by Crippen LogP contribution is 2.32. The van der Waals surface area contributed by atoms with Gasteiger partial charge in [0.2, 0.25) is 0 Å². The van der Waals surface area contributed by atoms with Crippen LogP contribution in [0.3, 0.4) is 0 Å². The van der Waals surface area contributed by atoms with E-state index in [1.165, 1.54) is 12.3 Å². The van der Waals surface area contributed by atoms with Crippen molar-refractivity contribution in [3.05, 3.63) is 59.8 Å². The van der Waals surface area contributed by atoms with E-state index in [2.05, 4.69) is 10.6 Å². The zero-order valence-corrected chi connectivity index (χ0v) is 20.2. The minimum atomic E-state index is -0.496. The minimum Gasteiger partial charge on any atom is -0.491 e. The van der Waals surface area contributed by atoms with Crippen molar-refractivity contribution in [1.29, 1.82) is 5.41 Å². The lowest BCUT2D eigenvalue weighted by molar-refractivity contribution is 0.0796. The number of benzene rings is 2. The van der Waals surface area contributed by atoms with Crippen molar-refractivity contribution in [3.8, 4) is 23.0 Å². The molecule has 0 fully saturated rings. The molecule has 0 unspecified atom stereocenters. The van der Waals surface area contributed by atoms with Crippen molar-refractivity contribution in [1.82, 2.24) is 15.5 Å². The van der Waals surface area contributed by atoms with Crippen LogP contribution in [0.5, 0.6) is 23.0 Å². The van der Waals surface area contributed by atoms with Gasteiger partial charge in [0.05, 0.1) is 18.7 Å². The highest BCUT2D eigenvalue weighted by Gasteiger charge is 2.21. The number of nitrogens with one attached hydrogen (secondary N) is 3. The van der Waals surface area contributed by atoms with Gasteiger partial charge in [0, 0.05) is 38.9 Å². The third-order valence-corrected chi connectivity index (χ3v) is 5.00. The molecule has 3 N–H and O–H groups in total. The largest absolute Gasteiger partial charge is 0.491 e. The maximum absolute atomic E-state index is 12.8. The molecule has 2 aromatic rings. The van der Waals surface area contributed by atoms with Crippen LogP contribution in [0.4, 0.5) is 0 Å². The summed E-state index contributed by atoms with van der Waals surface area (Å²) in [6, 6.07) is 9.73. The Kier molecular flexibility index (Phi) is 8.69. The Bertz CT molecular complexity index is 1120. The molecule has 35 heavy (non-hydrogen) atoms. The Labute approximate surface area is 204 Å². The van der Waals surface area contributed by atoms with Crippen LogP contribution in [-0.4, -0.2) is 69.6 Å². The lowest BCUT2D eigenvalue weighted by Crippen LogP contribution is -2.28. The Morgan fingerprint density at radius 1 is 1.23 bits per heavy atom. The number of amidine groups is 1. The fourth-order valence-electron chi connectivity index (χ4n) is 3.33. The van der Waals surface area contributed by atoms with Gasteiger partial charge in [-0.1, -0.05) is 0 Å². The van der Waals surface area contributed by atoms with E-state index in [-0.39, 0.29) is 23.4 Å². The Morgan fingerprint density at radius 3 is 2.74 bits per heavy atom. The summed E-state index contributed by atoms with van der Waals surface area (Å²) in [5.41, 5.74) is 0.698. The predicted octanol–water partition coefficient (Wildman–Crippen LogP) is 2.80. The molecule has 0 bridgehead atoms. The smallest absolute Gasteiger partial charge is 0.257 e. The molecule has 0 saturated carbocycles. The number of amides is 2. The SMILES string of the molecule is CN/C=C\C(=N)NC(=O)c1cc(Oc2ccc3c(c2)OCCN(C)C3=O)cc(O[C@@H](C)COC)c1. The number of hydrogen-bond acceptors (Lipinski definition) is 8. The minimum absolute atomic E-state index is 0.0802. The summed E-state index contributed by atoms with van der Waals surface area (Å²) in [6.07, 6.45) is 2.68. The first-order valence-electron chi connectivity index (χ1n) is 11.0. The second-order valence-electron chi connectivity index (χ2n) is 7.90. The predicted molar refractivity (Wildman–Crippen MR) is 131 cm³/mol. The molecule has 3 rings (SSSR count). The second kappa shape index (κ2) is 11.9. The average molecular weight is 483 g/mol. The third kappa shape index (κ3) is 6.97. The monoisotopic (exact) mass is 482 g/mol. The summed E-state index contributed by atoms with van der Waals surface area (Å²) in [5.74, 6) is 0.900. The summed E-state index contributed by atoms with van der Waals surface area (Å²) >= 11 is 0. The maximum Gasteiger partial charge on any atom is 0.257 e. The summed E-state index contributed by atoms with van der Waals surface area (Å²) in [7, 11) is 4.99. The number of nitrogens with zero attached hydrogens (tertiary/aromatic N) is 1. The number of carbonyl (C=O) groups is 2. The van der Waals surface area contributed by atoms with Crippen LogP contribution >= 0.6 is 0 Å². The zero-order valence-electron chi connectivity index (χ0n) is 20.2. The zero-order chi connectivity index (χ0) is 25.4. The van der Waals surface area contributed by atoms with Gasteiger partial charge < -0.3 is 34.5 Å². The fraction of sp³-hybridized carbons (Fsp3) is 0.320. The first-order chi connectivity index (χ1) is 16.8. The van der Waals surface area contributed by atoms with Gasteiger partial charge in [-0.05, 0) is 43.5 Å². The molecule has 1 atom stereocenters. The van der Waals surface area contributed by atoms with Crippen molar-refractivity contribution in [2.24, 2.45) is 0 Å². The van der Waals surface area contributed by atoms with E-state index in [1.54, 1.807) is 62.5 Å². The van der Waals surface area contributed by atoms with Gasteiger partial charge in [-0.15, -0.1) is 0 Å². The molecular weight excluding hydrogens is 452 g/mol. The molecule has 0 radical (unpaired) electrons. The Balaban J connectivity index is 1.88. The van der Waals surface area contributed by atoms with Crippen LogP contribution in [0, 0.1) is 5.41 Å². The highest BCUT2D eigenvalue weighted by molar-refractivity contribution is 6.09. The van der Waals surface area contributed by atoms with Crippen LogP contribution in [0.2, 0.25) is 0 Å². The first-order valence-corrected chi connectivity index (χ1v) is 11.0. The fourth-order valence-corrected chi connectivity index (χ4v) is 3.33. The highest BCUT2D eigenvalue weighted by atomic mass is 16.5. The molecule has 2 aromatic carbocycles. The van der Waals surface area contributed by atoms with Crippen LogP contribution in [-0.2, 0) is 4.74 Å². The van der Waals surface area contributed by atoms with Crippen molar-refractivity contribution in [3.63, 3.8) is 0 Å². The molecule has 1 heterocycles. The van der Waals surface area contributed by atoms with Gasteiger partial charge in [0.15, 0.2) is 0 Å². The Morgan fingerprint density at radius 2 is 2.00 bits per heavy atom. The molecule has 10 nitrogen and oxygen atoms in total. The van der Waals surface area contributed by atoms with Crippen molar-refractivity contribution >= 4 is 17.6 Å². The number of ether oxygens (including phenoxy) is 4. The van der Waals surface area contributed by atoms with Gasteiger partial charge in [-0.3, -0.25) is 15.0 Å². The van der Waals surface area contributed by atoms with E-state index in [1.807, 2.05) is 6.92 Å². The third-order valence-electron chi connectivity index (χ3n) is 5.00. The number of methoxy groups -OCH3 is 1. The number of rotatable bonds is 9. The number of hydrogen-bond donors (Lipinski definition) is 3. The molecule has 0 aliphatic carbocycles. The summed E-state index contributed by atoms with van der Waals surface area (Å²) in [4.78, 5) is 26.9. The van der Waals surface area contributed by atoms with Gasteiger partial charge in [-0.25, -0.2) is 0 Å². The van der Waals surface area contributed by atoms with Crippen LogP contribution in [0.25, 0.3) is 0 Å².